The number of ether oxygens (including phenoxy) is 1. The lowest BCUT2D eigenvalue weighted by Crippen LogP contribution is -2.47. The molecule has 0 unspecified atom stereocenters. The molecule has 1 heterocycles. The lowest BCUT2D eigenvalue weighted by Gasteiger charge is -2.33. The molecule has 0 N–H and O–H groups in total. The molecule has 0 aliphatic carbocycles. The maximum Gasteiger partial charge on any atom is 0.228 e. The summed E-state index contributed by atoms with van der Waals surface area (Å²) < 4.78 is 5.17. The monoisotopic (exact) mass is 212 g/mol. The molecule has 15 heavy (non-hydrogen) atoms. The van der Waals surface area contributed by atoms with Gasteiger partial charge in [-0.15, -0.1) is 0 Å². The third-order valence-electron chi connectivity index (χ3n) is 2.41. The maximum atomic E-state index is 12.0. The molecule has 0 spiro atoms. The standard InChI is InChI=1S/C9H16N4O2/c1-9(2,7-11-12-10)8(14)13-3-5-15-6-4-13/h3-7H2,1-2H3. The van der Waals surface area contributed by atoms with Gasteiger partial charge in [-0.25, -0.2) is 0 Å². The summed E-state index contributed by atoms with van der Waals surface area (Å²) in [5, 5.41) is 3.46. The van der Waals surface area contributed by atoms with E-state index in [4.69, 9.17) is 10.3 Å². The number of morpholine rings is 1. The van der Waals surface area contributed by atoms with Crippen molar-refractivity contribution in [3.8, 4) is 0 Å². The van der Waals surface area contributed by atoms with Crippen molar-refractivity contribution >= 4 is 5.91 Å². The Balaban J connectivity index is 2.60. The van der Waals surface area contributed by atoms with E-state index < -0.39 is 5.41 Å². The average molecular weight is 212 g/mol. The molecule has 0 aromatic carbocycles. The van der Waals surface area contributed by atoms with Crippen molar-refractivity contribution in [3.63, 3.8) is 0 Å². The lowest BCUT2D eigenvalue weighted by molar-refractivity contribution is -0.143. The summed E-state index contributed by atoms with van der Waals surface area (Å²) in [5.41, 5.74) is 7.61. The summed E-state index contributed by atoms with van der Waals surface area (Å²) in [6, 6.07) is 0. The van der Waals surface area contributed by atoms with Crippen LogP contribution in [0.25, 0.3) is 10.4 Å². The molecule has 1 fully saturated rings. The molecule has 1 aliphatic rings. The predicted octanol–water partition coefficient (Wildman–Crippen LogP) is 1.18. The van der Waals surface area contributed by atoms with Crippen LogP contribution in [0.1, 0.15) is 13.8 Å². The van der Waals surface area contributed by atoms with Crippen molar-refractivity contribution in [2.75, 3.05) is 32.8 Å². The highest BCUT2D eigenvalue weighted by atomic mass is 16.5. The number of carbonyl (C=O) groups excluding carboxylic acids is 1. The molecule has 84 valence electrons. The Morgan fingerprint density at radius 3 is 2.67 bits per heavy atom. The molecule has 6 nitrogen and oxygen atoms in total. The molecule has 1 amide bonds. The Bertz CT molecular complexity index is 278. The first kappa shape index (κ1) is 11.8. The second-order valence-corrected chi connectivity index (χ2v) is 4.18. The van der Waals surface area contributed by atoms with Crippen LogP contribution in [0, 0.1) is 5.41 Å². The van der Waals surface area contributed by atoms with Crippen molar-refractivity contribution in [2.24, 2.45) is 10.5 Å². The molecular weight excluding hydrogens is 196 g/mol. The summed E-state index contributed by atoms with van der Waals surface area (Å²) in [6.45, 7) is 6.20. The van der Waals surface area contributed by atoms with Crippen LogP contribution >= 0.6 is 0 Å². The van der Waals surface area contributed by atoms with Crippen LogP contribution in [0.2, 0.25) is 0 Å². The first-order valence-electron chi connectivity index (χ1n) is 4.96. The molecular formula is C9H16N4O2. The zero-order chi connectivity index (χ0) is 11.3. The molecule has 0 radical (unpaired) electrons. The second kappa shape index (κ2) is 5.00. The molecule has 0 aromatic rings. The van der Waals surface area contributed by atoms with Gasteiger partial charge in [-0.05, 0) is 5.53 Å². The Morgan fingerprint density at radius 1 is 1.53 bits per heavy atom. The third-order valence-corrected chi connectivity index (χ3v) is 2.41. The van der Waals surface area contributed by atoms with E-state index in [0.29, 0.717) is 26.3 Å². The van der Waals surface area contributed by atoms with Crippen molar-refractivity contribution in [2.45, 2.75) is 13.8 Å². The molecule has 0 saturated carbocycles. The van der Waals surface area contributed by atoms with Crippen molar-refractivity contribution in [1.82, 2.24) is 4.90 Å². The Kier molecular flexibility index (Phi) is 3.94. The van der Waals surface area contributed by atoms with Crippen molar-refractivity contribution in [1.29, 1.82) is 0 Å². The van der Waals surface area contributed by atoms with Crippen LogP contribution in [-0.4, -0.2) is 43.7 Å². The normalized spacial score (nSPS) is 17.1. The largest absolute Gasteiger partial charge is 0.378 e. The minimum Gasteiger partial charge on any atom is -0.378 e. The summed E-state index contributed by atoms with van der Waals surface area (Å²) in [5.74, 6) is 0.0261. The molecule has 1 aliphatic heterocycles. The second-order valence-electron chi connectivity index (χ2n) is 4.18. The van der Waals surface area contributed by atoms with Gasteiger partial charge in [0.2, 0.25) is 5.91 Å². The van der Waals surface area contributed by atoms with E-state index in [9.17, 15) is 4.79 Å². The summed E-state index contributed by atoms with van der Waals surface area (Å²) in [6.07, 6.45) is 0. The van der Waals surface area contributed by atoms with Gasteiger partial charge in [0.15, 0.2) is 0 Å². The van der Waals surface area contributed by atoms with Gasteiger partial charge in [0.05, 0.1) is 13.2 Å². The number of azide groups is 1. The minimum absolute atomic E-state index is 0.0261. The Labute approximate surface area is 88.8 Å². The van der Waals surface area contributed by atoms with Crippen LogP contribution in [0.5, 0.6) is 0 Å². The van der Waals surface area contributed by atoms with E-state index in [2.05, 4.69) is 10.0 Å². The van der Waals surface area contributed by atoms with Gasteiger partial charge in [-0.1, -0.05) is 19.0 Å². The zero-order valence-electron chi connectivity index (χ0n) is 9.14. The first-order chi connectivity index (χ1) is 7.08. The SMILES string of the molecule is CC(C)(CN=[N+]=[N-])C(=O)N1CCOCC1. The molecule has 0 bridgehead atoms. The van der Waals surface area contributed by atoms with E-state index in [1.54, 1.807) is 18.7 Å². The smallest absolute Gasteiger partial charge is 0.228 e. The lowest BCUT2D eigenvalue weighted by atomic mass is 9.91. The molecule has 6 heteroatoms. The Hall–Kier alpha value is -1.26. The van der Waals surface area contributed by atoms with Gasteiger partial charge in [0.1, 0.15) is 0 Å². The van der Waals surface area contributed by atoms with Gasteiger partial charge in [0, 0.05) is 30.0 Å². The number of carbonyl (C=O) groups is 1. The van der Waals surface area contributed by atoms with Gasteiger partial charge in [-0.3, -0.25) is 4.79 Å². The van der Waals surface area contributed by atoms with E-state index >= 15 is 0 Å². The van der Waals surface area contributed by atoms with Crippen LogP contribution in [0.3, 0.4) is 0 Å². The number of rotatable bonds is 3. The number of hydrogen-bond donors (Lipinski definition) is 0. The van der Waals surface area contributed by atoms with Crippen LogP contribution in [-0.2, 0) is 9.53 Å². The molecule has 0 atom stereocenters. The minimum atomic E-state index is -0.621. The third kappa shape index (κ3) is 3.11. The van der Waals surface area contributed by atoms with Crippen molar-refractivity contribution < 1.29 is 9.53 Å². The highest BCUT2D eigenvalue weighted by Crippen LogP contribution is 2.20. The topological polar surface area (TPSA) is 78.3 Å². The van der Waals surface area contributed by atoms with E-state index in [1.165, 1.54) is 0 Å². The fourth-order valence-corrected chi connectivity index (χ4v) is 1.47. The number of amides is 1. The van der Waals surface area contributed by atoms with Crippen LogP contribution < -0.4 is 0 Å². The van der Waals surface area contributed by atoms with Gasteiger partial charge in [-0.2, -0.15) is 0 Å². The van der Waals surface area contributed by atoms with Gasteiger partial charge < -0.3 is 9.64 Å². The quantitative estimate of drug-likeness (QED) is 0.400. The zero-order valence-corrected chi connectivity index (χ0v) is 9.14. The van der Waals surface area contributed by atoms with E-state index in [-0.39, 0.29) is 12.5 Å². The summed E-state index contributed by atoms with van der Waals surface area (Å²) in [4.78, 5) is 16.5. The highest BCUT2D eigenvalue weighted by molar-refractivity contribution is 5.82. The average Bonchev–Trinajstić information content (AvgIpc) is 2.26. The number of nitrogens with zero attached hydrogens (tertiary/aromatic N) is 4. The van der Waals surface area contributed by atoms with E-state index in [0.717, 1.165) is 0 Å². The predicted molar refractivity (Wildman–Crippen MR) is 55.2 cm³/mol. The van der Waals surface area contributed by atoms with Gasteiger partial charge >= 0.3 is 0 Å². The summed E-state index contributed by atoms with van der Waals surface area (Å²) in [7, 11) is 0. The fourth-order valence-electron chi connectivity index (χ4n) is 1.47. The van der Waals surface area contributed by atoms with Crippen LogP contribution in [0.15, 0.2) is 5.11 Å². The maximum absolute atomic E-state index is 12.0. The molecule has 0 aromatic heterocycles. The highest BCUT2D eigenvalue weighted by Gasteiger charge is 2.31. The molecule has 1 saturated heterocycles. The first-order valence-corrected chi connectivity index (χ1v) is 4.96. The van der Waals surface area contributed by atoms with Crippen LogP contribution in [0.4, 0.5) is 0 Å². The van der Waals surface area contributed by atoms with E-state index in [1.807, 2.05) is 0 Å². The molecule has 1 rings (SSSR count). The number of hydrogen-bond acceptors (Lipinski definition) is 3. The van der Waals surface area contributed by atoms with Gasteiger partial charge in [0.25, 0.3) is 0 Å². The summed E-state index contributed by atoms with van der Waals surface area (Å²) >= 11 is 0. The fraction of sp³-hybridized carbons (Fsp3) is 0.889. The Morgan fingerprint density at radius 2 is 2.13 bits per heavy atom. The van der Waals surface area contributed by atoms with Crippen molar-refractivity contribution in [3.05, 3.63) is 10.4 Å².